The molecular formula is C20H23F3N2O3. The lowest BCUT2D eigenvalue weighted by Crippen LogP contribution is -2.36. The van der Waals surface area contributed by atoms with Gasteiger partial charge >= 0.3 is 6.18 Å². The van der Waals surface area contributed by atoms with E-state index in [-0.39, 0.29) is 12.2 Å². The van der Waals surface area contributed by atoms with Gasteiger partial charge in [0.2, 0.25) is 5.91 Å². The van der Waals surface area contributed by atoms with Gasteiger partial charge in [-0.25, -0.2) is 0 Å². The summed E-state index contributed by atoms with van der Waals surface area (Å²) in [4.78, 5) is 14.0. The molecule has 28 heavy (non-hydrogen) atoms. The summed E-state index contributed by atoms with van der Waals surface area (Å²) in [6.07, 6.45) is -4.53. The summed E-state index contributed by atoms with van der Waals surface area (Å²) in [5.41, 5.74) is -1.11. The molecule has 0 atom stereocenters. The number of nitrogens with zero attached hydrogens (tertiary/aromatic N) is 1. The van der Waals surface area contributed by atoms with Crippen molar-refractivity contribution in [2.45, 2.75) is 13.1 Å². The maximum atomic E-state index is 13.0. The van der Waals surface area contributed by atoms with Crippen molar-refractivity contribution < 1.29 is 27.4 Å². The van der Waals surface area contributed by atoms with E-state index in [9.17, 15) is 18.0 Å². The summed E-state index contributed by atoms with van der Waals surface area (Å²) in [5, 5.41) is 2.35. The van der Waals surface area contributed by atoms with Crippen LogP contribution in [0, 0.1) is 0 Å². The minimum atomic E-state index is -4.53. The van der Waals surface area contributed by atoms with Gasteiger partial charge in [0.25, 0.3) is 0 Å². The molecule has 0 unspecified atom stereocenters. The fraction of sp³-hybridized carbons (Fsp3) is 0.350. The summed E-state index contributed by atoms with van der Waals surface area (Å²) < 4.78 is 49.7. The zero-order chi connectivity index (χ0) is 20.6. The largest absolute Gasteiger partial charge is 0.497 e. The molecule has 2 aromatic rings. The number of hydrogen-bond acceptors (Lipinski definition) is 4. The molecule has 0 fully saturated rings. The van der Waals surface area contributed by atoms with Crippen LogP contribution in [0.2, 0.25) is 0 Å². The monoisotopic (exact) mass is 396 g/mol. The number of benzene rings is 2. The predicted molar refractivity (Wildman–Crippen MR) is 101 cm³/mol. The zero-order valence-corrected chi connectivity index (χ0v) is 15.8. The molecule has 0 aliphatic carbocycles. The number of anilines is 1. The van der Waals surface area contributed by atoms with E-state index in [0.29, 0.717) is 25.4 Å². The standard InChI is InChI=1S/C20H23F3N2O3/c1-3-25(12-13-28-16-10-8-15(27-2)9-11-16)14-19(26)24-18-7-5-4-6-17(18)20(21,22)23/h4-11H,3,12-14H2,1-2H3,(H,24,26). The first-order valence-corrected chi connectivity index (χ1v) is 8.78. The molecule has 0 aliphatic rings. The first-order chi connectivity index (χ1) is 13.3. The van der Waals surface area contributed by atoms with E-state index in [4.69, 9.17) is 9.47 Å². The Morgan fingerprint density at radius 1 is 1.07 bits per heavy atom. The SMILES string of the molecule is CCN(CCOc1ccc(OC)cc1)CC(=O)Nc1ccccc1C(F)(F)F. The van der Waals surface area contributed by atoms with Gasteiger partial charge in [0, 0.05) is 6.54 Å². The highest BCUT2D eigenvalue weighted by Gasteiger charge is 2.33. The topological polar surface area (TPSA) is 50.8 Å². The smallest absolute Gasteiger partial charge is 0.418 e. The van der Waals surface area contributed by atoms with Gasteiger partial charge in [-0.15, -0.1) is 0 Å². The van der Waals surface area contributed by atoms with Gasteiger partial charge in [-0.05, 0) is 42.9 Å². The lowest BCUT2D eigenvalue weighted by molar-refractivity contribution is -0.137. The summed E-state index contributed by atoms with van der Waals surface area (Å²) in [5.74, 6) is 0.877. The van der Waals surface area contributed by atoms with E-state index in [1.165, 1.54) is 18.2 Å². The van der Waals surface area contributed by atoms with Crippen molar-refractivity contribution in [3.05, 3.63) is 54.1 Å². The zero-order valence-electron chi connectivity index (χ0n) is 15.8. The fourth-order valence-corrected chi connectivity index (χ4v) is 2.55. The Balaban J connectivity index is 1.86. The molecule has 1 amide bonds. The predicted octanol–water partition coefficient (Wildman–Crippen LogP) is 4.05. The molecule has 0 aliphatic heterocycles. The molecule has 0 bridgehead atoms. The maximum Gasteiger partial charge on any atom is 0.418 e. The highest BCUT2D eigenvalue weighted by Crippen LogP contribution is 2.34. The first-order valence-electron chi connectivity index (χ1n) is 8.78. The van der Waals surface area contributed by atoms with Crippen LogP contribution in [0.1, 0.15) is 12.5 Å². The van der Waals surface area contributed by atoms with Crippen molar-refractivity contribution in [2.24, 2.45) is 0 Å². The number of amides is 1. The second kappa shape index (κ2) is 9.98. The molecule has 8 heteroatoms. The van der Waals surface area contributed by atoms with Crippen LogP contribution < -0.4 is 14.8 Å². The number of rotatable bonds is 9. The van der Waals surface area contributed by atoms with E-state index in [2.05, 4.69) is 5.32 Å². The summed E-state index contributed by atoms with van der Waals surface area (Å²) in [7, 11) is 1.58. The van der Waals surface area contributed by atoms with E-state index in [0.717, 1.165) is 11.8 Å². The number of alkyl halides is 3. The van der Waals surface area contributed by atoms with Gasteiger partial charge in [-0.1, -0.05) is 19.1 Å². The molecule has 152 valence electrons. The molecule has 0 saturated carbocycles. The van der Waals surface area contributed by atoms with Crippen LogP contribution in [0.5, 0.6) is 11.5 Å². The minimum Gasteiger partial charge on any atom is -0.497 e. The highest BCUT2D eigenvalue weighted by molar-refractivity contribution is 5.93. The van der Waals surface area contributed by atoms with Gasteiger partial charge < -0.3 is 14.8 Å². The van der Waals surface area contributed by atoms with Crippen molar-refractivity contribution in [2.75, 3.05) is 38.7 Å². The average molecular weight is 396 g/mol. The molecule has 0 heterocycles. The molecule has 1 N–H and O–H groups in total. The normalized spacial score (nSPS) is 11.4. The van der Waals surface area contributed by atoms with Crippen LogP contribution in [0.3, 0.4) is 0 Å². The maximum absolute atomic E-state index is 13.0. The molecule has 2 rings (SSSR count). The van der Waals surface area contributed by atoms with Crippen LogP contribution >= 0.6 is 0 Å². The number of hydrogen-bond donors (Lipinski definition) is 1. The van der Waals surface area contributed by atoms with Crippen LogP contribution in [-0.2, 0) is 11.0 Å². The Bertz CT molecular complexity index is 764. The van der Waals surface area contributed by atoms with Crippen LogP contribution in [0.25, 0.3) is 0 Å². The molecular weight excluding hydrogens is 373 g/mol. The van der Waals surface area contributed by atoms with E-state index in [1.807, 2.05) is 6.92 Å². The Labute approximate surface area is 162 Å². The number of likely N-dealkylation sites (N-methyl/N-ethyl adjacent to an activating group) is 1. The second-order valence-electron chi connectivity index (χ2n) is 5.98. The number of ether oxygens (including phenoxy) is 2. The summed E-state index contributed by atoms with van der Waals surface area (Å²) in [6.45, 7) is 3.18. The Kier molecular flexibility index (Phi) is 7.69. The third-order valence-corrected chi connectivity index (χ3v) is 4.06. The Morgan fingerprint density at radius 2 is 1.71 bits per heavy atom. The molecule has 5 nitrogen and oxygen atoms in total. The van der Waals surface area contributed by atoms with Gasteiger partial charge in [0.05, 0.1) is 24.9 Å². The lowest BCUT2D eigenvalue weighted by atomic mass is 10.1. The second-order valence-corrected chi connectivity index (χ2v) is 5.98. The van der Waals surface area contributed by atoms with Gasteiger partial charge in [-0.3, -0.25) is 9.69 Å². The number of nitrogens with one attached hydrogen (secondary N) is 1. The summed E-state index contributed by atoms with van der Waals surface area (Å²) >= 11 is 0. The molecule has 0 saturated heterocycles. The first kappa shape index (κ1) is 21.6. The van der Waals surface area contributed by atoms with Crippen molar-refractivity contribution >= 4 is 11.6 Å². The Morgan fingerprint density at radius 3 is 2.32 bits per heavy atom. The number of methoxy groups -OCH3 is 1. The van der Waals surface area contributed by atoms with Crippen LogP contribution in [0.4, 0.5) is 18.9 Å². The lowest BCUT2D eigenvalue weighted by Gasteiger charge is -2.21. The molecule has 0 aromatic heterocycles. The van der Waals surface area contributed by atoms with E-state index < -0.39 is 17.6 Å². The van der Waals surface area contributed by atoms with Gasteiger partial charge in [0.1, 0.15) is 18.1 Å². The quantitative estimate of drug-likeness (QED) is 0.695. The molecule has 0 spiro atoms. The number of halogens is 3. The number of carbonyl (C=O) groups is 1. The average Bonchev–Trinajstić information content (AvgIpc) is 2.67. The minimum absolute atomic E-state index is 0.0331. The van der Waals surface area contributed by atoms with Crippen LogP contribution in [0.15, 0.2) is 48.5 Å². The third-order valence-electron chi connectivity index (χ3n) is 4.06. The van der Waals surface area contributed by atoms with Crippen molar-refractivity contribution in [3.8, 4) is 11.5 Å². The molecule has 0 radical (unpaired) electrons. The van der Waals surface area contributed by atoms with Crippen LogP contribution in [-0.4, -0.2) is 44.2 Å². The van der Waals surface area contributed by atoms with Gasteiger partial charge in [-0.2, -0.15) is 13.2 Å². The highest BCUT2D eigenvalue weighted by atomic mass is 19.4. The van der Waals surface area contributed by atoms with Gasteiger partial charge in [0.15, 0.2) is 0 Å². The fourth-order valence-electron chi connectivity index (χ4n) is 2.55. The number of carbonyl (C=O) groups excluding carboxylic acids is 1. The number of para-hydroxylation sites is 1. The summed E-state index contributed by atoms with van der Waals surface area (Å²) in [6, 6.07) is 12.0. The van der Waals surface area contributed by atoms with Crippen molar-refractivity contribution in [1.82, 2.24) is 4.90 Å². The van der Waals surface area contributed by atoms with Crippen molar-refractivity contribution in [3.63, 3.8) is 0 Å². The molecule has 2 aromatic carbocycles. The van der Waals surface area contributed by atoms with E-state index in [1.54, 1.807) is 36.3 Å². The third kappa shape index (κ3) is 6.45. The Hall–Kier alpha value is -2.74. The van der Waals surface area contributed by atoms with E-state index >= 15 is 0 Å². The van der Waals surface area contributed by atoms with Crippen molar-refractivity contribution in [1.29, 1.82) is 0 Å².